The monoisotopic (exact) mass is 498 g/mol. The molecule has 0 spiro atoms. The van der Waals surface area contributed by atoms with Crippen molar-refractivity contribution in [2.75, 3.05) is 0 Å². The first-order chi connectivity index (χ1) is 16.6. The summed E-state index contributed by atoms with van der Waals surface area (Å²) in [6, 6.07) is 22.9. The molecule has 3 aromatic carbocycles. The molecular formula is C25H21F3N4O2S. The average molecular weight is 499 g/mol. The number of nitrogens with two attached hydrogens (primary N) is 1. The third-order valence-corrected chi connectivity index (χ3v) is 6.61. The maximum absolute atomic E-state index is 13.5. The Labute approximate surface area is 200 Å². The summed E-state index contributed by atoms with van der Waals surface area (Å²) in [5.41, 5.74) is 7.36. The number of sulfonamides is 1. The Morgan fingerprint density at radius 1 is 0.914 bits per heavy atom. The van der Waals surface area contributed by atoms with Gasteiger partial charge in [0, 0.05) is 12.0 Å². The number of amidine groups is 1. The molecule has 4 aromatic rings. The summed E-state index contributed by atoms with van der Waals surface area (Å²) in [4.78, 5) is -0.130. The van der Waals surface area contributed by atoms with Gasteiger partial charge in [-0.2, -0.15) is 26.7 Å². The standard InChI is InChI=1S/C25H21F3N4O2S/c1-2-24(29)31-35(33,34)21-14-12-20(13-15-21)32-22(16-23(30-32)25(26,27)28)19-10-8-18(9-11-19)17-6-4-3-5-7-17/h3-16H,2H2,1H3,(H2,29,31). The molecule has 35 heavy (non-hydrogen) atoms. The predicted molar refractivity (Wildman–Crippen MR) is 129 cm³/mol. The van der Waals surface area contributed by atoms with E-state index in [0.717, 1.165) is 21.9 Å². The lowest BCUT2D eigenvalue weighted by molar-refractivity contribution is -0.141. The lowest BCUT2D eigenvalue weighted by atomic mass is 10.0. The molecule has 0 saturated carbocycles. The topological polar surface area (TPSA) is 90.3 Å². The highest BCUT2D eigenvalue weighted by atomic mass is 32.2. The maximum Gasteiger partial charge on any atom is 0.435 e. The van der Waals surface area contributed by atoms with E-state index in [2.05, 4.69) is 9.50 Å². The van der Waals surface area contributed by atoms with Crippen LogP contribution in [-0.4, -0.2) is 24.0 Å². The third kappa shape index (κ3) is 5.27. The Hall–Kier alpha value is -3.92. The van der Waals surface area contributed by atoms with E-state index >= 15 is 0 Å². The van der Waals surface area contributed by atoms with Crippen LogP contribution in [0.3, 0.4) is 0 Å². The molecule has 180 valence electrons. The van der Waals surface area contributed by atoms with Gasteiger partial charge in [0.25, 0.3) is 10.0 Å². The second-order valence-electron chi connectivity index (χ2n) is 7.67. The van der Waals surface area contributed by atoms with Crippen LogP contribution in [0.2, 0.25) is 0 Å². The van der Waals surface area contributed by atoms with Crippen molar-refractivity contribution in [2.45, 2.75) is 24.4 Å². The molecule has 0 radical (unpaired) electrons. The van der Waals surface area contributed by atoms with Crippen molar-refractivity contribution in [1.82, 2.24) is 9.78 Å². The maximum atomic E-state index is 13.5. The molecule has 1 heterocycles. The van der Waals surface area contributed by atoms with Gasteiger partial charge in [-0.1, -0.05) is 61.5 Å². The molecule has 10 heteroatoms. The van der Waals surface area contributed by atoms with Gasteiger partial charge >= 0.3 is 6.18 Å². The lowest BCUT2D eigenvalue weighted by Crippen LogP contribution is -2.13. The van der Waals surface area contributed by atoms with E-state index < -0.39 is 21.9 Å². The molecule has 0 atom stereocenters. The zero-order valence-corrected chi connectivity index (χ0v) is 19.4. The Morgan fingerprint density at radius 3 is 2.06 bits per heavy atom. The van der Waals surface area contributed by atoms with Gasteiger partial charge in [0.05, 0.1) is 16.3 Å². The van der Waals surface area contributed by atoms with Crippen LogP contribution in [0.1, 0.15) is 19.0 Å². The summed E-state index contributed by atoms with van der Waals surface area (Å²) in [6.07, 6.45) is -4.39. The van der Waals surface area contributed by atoms with E-state index in [9.17, 15) is 21.6 Å². The van der Waals surface area contributed by atoms with Crippen molar-refractivity contribution in [3.8, 4) is 28.1 Å². The first-order valence-corrected chi connectivity index (χ1v) is 12.1. The van der Waals surface area contributed by atoms with E-state index in [4.69, 9.17) is 5.73 Å². The van der Waals surface area contributed by atoms with Crippen molar-refractivity contribution in [3.05, 3.63) is 90.6 Å². The zero-order valence-electron chi connectivity index (χ0n) is 18.6. The fourth-order valence-electron chi connectivity index (χ4n) is 3.42. The first kappa shape index (κ1) is 24.2. The van der Waals surface area contributed by atoms with Gasteiger partial charge in [0.2, 0.25) is 0 Å². The van der Waals surface area contributed by atoms with Gasteiger partial charge in [-0.05, 0) is 41.5 Å². The van der Waals surface area contributed by atoms with Gasteiger partial charge in [-0.25, -0.2) is 4.68 Å². The summed E-state index contributed by atoms with van der Waals surface area (Å²) in [5.74, 6) is -0.0443. The molecule has 2 N–H and O–H groups in total. The quantitative estimate of drug-likeness (QED) is 0.274. The van der Waals surface area contributed by atoms with Gasteiger partial charge in [0.1, 0.15) is 5.84 Å². The molecule has 0 unspecified atom stereocenters. The number of hydrogen-bond donors (Lipinski definition) is 1. The summed E-state index contributed by atoms with van der Waals surface area (Å²) in [7, 11) is -4.03. The molecule has 0 fully saturated rings. The summed E-state index contributed by atoms with van der Waals surface area (Å²) >= 11 is 0. The molecule has 0 aliphatic heterocycles. The molecule has 0 bridgehead atoms. The second-order valence-corrected chi connectivity index (χ2v) is 9.28. The highest BCUT2D eigenvalue weighted by Crippen LogP contribution is 2.34. The highest BCUT2D eigenvalue weighted by Gasteiger charge is 2.35. The van der Waals surface area contributed by atoms with Crippen molar-refractivity contribution >= 4 is 15.9 Å². The van der Waals surface area contributed by atoms with E-state index in [1.165, 1.54) is 24.3 Å². The zero-order chi connectivity index (χ0) is 25.2. The molecule has 0 amide bonds. The van der Waals surface area contributed by atoms with Gasteiger partial charge in [-0.15, -0.1) is 4.40 Å². The minimum absolute atomic E-state index is 0.0443. The highest BCUT2D eigenvalue weighted by molar-refractivity contribution is 7.90. The van der Waals surface area contributed by atoms with Crippen molar-refractivity contribution in [2.24, 2.45) is 10.1 Å². The number of benzene rings is 3. The number of alkyl halides is 3. The normalized spacial score (nSPS) is 12.6. The predicted octanol–water partition coefficient (Wildman–Crippen LogP) is 5.68. The van der Waals surface area contributed by atoms with Crippen LogP contribution in [0, 0.1) is 0 Å². The number of nitrogens with zero attached hydrogens (tertiary/aromatic N) is 3. The van der Waals surface area contributed by atoms with E-state index in [1.54, 1.807) is 19.1 Å². The van der Waals surface area contributed by atoms with Crippen molar-refractivity contribution in [3.63, 3.8) is 0 Å². The number of aromatic nitrogens is 2. The summed E-state index contributed by atoms with van der Waals surface area (Å²) in [6.45, 7) is 1.67. The van der Waals surface area contributed by atoms with Crippen LogP contribution < -0.4 is 5.73 Å². The summed E-state index contributed by atoms with van der Waals surface area (Å²) in [5, 5.41) is 3.76. The SMILES string of the molecule is CCC(N)=NS(=O)(=O)c1ccc(-n2nc(C(F)(F)F)cc2-c2ccc(-c3ccccc3)cc2)cc1. The average Bonchev–Trinajstić information content (AvgIpc) is 3.31. The number of hydrogen-bond acceptors (Lipinski definition) is 3. The fourth-order valence-corrected chi connectivity index (χ4v) is 4.44. The number of halogens is 3. The van der Waals surface area contributed by atoms with Gasteiger partial charge in [0.15, 0.2) is 5.69 Å². The van der Waals surface area contributed by atoms with Crippen LogP contribution in [0.5, 0.6) is 0 Å². The first-order valence-electron chi connectivity index (χ1n) is 10.6. The Balaban J connectivity index is 1.75. The Morgan fingerprint density at radius 2 is 1.49 bits per heavy atom. The molecule has 0 aliphatic carbocycles. The van der Waals surface area contributed by atoms with Gasteiger partial charge < -0.3 is 5.73 Å². The lowest BCUT2D eigenvalue weighted by Gasteiger charge is -2.10. The Kier molecular flexibility index (Phi) is 6.49. The van der Waals surface area contributed by atoms with E-state index in [-0.39, 0.29) is 28.5 Å². The molecule has 4 rings (SSSR count). The minimum atomic E-state index is -4.65. The molecule has 0 aliphatic rings. The minimum Gasteiger partial charge on any atom is -0.386 e. The molecule has 0 saturated heterocycles. The second kappa shape index (κ2) is 9.38. The Bertz CT molecular complexity index is 1460. The van der Waals surface area contributed by atoms with E-state index in [1.807, 2.05) is 42.5 Å². The molecular weight excluding hydrogens is 477 g/mol. The molecule has 1 aromatic heterocycles. The third-order valence-electron chi connectivity index (χ3n) is 5.27. The van der Waals surface area contributed by atoms with Gasteiger partial charge in [-0.3, -0.25) is 0 Å². The van der Waals surface area contributed by atoms with E-state index in [0.29, 0.717) is 5.56 Å². The van der Waals surface area contributed by atoms with Crippen LogP contribution in [-0.2, 0) is 16.2 Å². The largest absolute Gasteiger partial charge is 0.435 e. The van der Waals surface area contributed by atoms with Crippen LogP contribution in [0.25, 0.3) is 28.1 Å². The smallest absolute Gasteiger partial charge is 0.386 e. The molecule has 6 nitrogen and oxygen atoms in total. The van der Waals surface area contributed by atoms with Crippen LogP contribution >= 0.6 is 0 Å². The number of rotatable bonds is 6. The van der Waals surface area contributed by atoms with Crippen LogP contribution in [0.15, 0.2) is 94.2 Å². The van der Waals surface area contributed by atoms with Crippen molar-refractivity contribution < 1.29 is 21.6 Å². The fraction of sp³-hybridized carbons (Fsp3) is 0.120. The summed E-state index contributed by atoms with van der Waals surface area (Å²) < 4.78 is 69.9. The van der Waals surface area contributed by atoms with Crippen LogP contribution in [0.4, 0.5) is 13.2 Å². The van der Waals surface area contributed by atoms with Crippen molar-refractivity contribution in [1.29, 1.82) is 0 Å².